The third-order valence-corrected chi connectivity index (χ3v) is 5.29. The molecule has 1 aromatic rings. The first-order valence-electron chi connectivity index (χ1n) is 7.95. The van der Waals surface area contributed by atoms with Gasteiger partial charge >= 0.3 is 0 Å². The van der Waals surface area contributed by atoms with Crippen molar-refractivity contribution in [2.24, 2.45) is 5.92 Å². The first-order valence-corrected chi connectivity index (χ1v) is 8.74. The number of hydrogen-bond donors (Lipinski definition) is 0. The minimum absolute atomic E-state index is 0.805. The highest BCUT2D eigenvalue weighted by molar-refractivity contribution is 9.10. The van der Waals surface area contributed by atoms with Gasteiger partial charge in [0, 0.05) is 17.1 Å². The van der Waals surface area contributed by atoms with Gasteiger partial charge in [-0.3, -0.25) is 4.90 Å². The number of benzene rings is 1. The molecule has 2 atom stereocenters. The largest absolute Gasteiger partial charge is 0.492 e. The summed E-state index contributed by atoms with van der Waals surface area (Å²) in [6.45, 7) is 3.15. The third-order valence-electron chi connectivity index (χ3n) is 4.80. The molecule has 3 rings (SSSR count). The average molecular weight is 338 g/mol. The van der Waals surface area contributed by atoms with Gasteiger partial charge in [-0.2, -0.15) is 0 Å². The summed E-state index contributed by atoms with van der Waals surface area (Å²) < 4.78 is 6.98. The van der Waals surface area contributed by atoms with Crippen LogP contribution in [0.3, 0.4) is 0 Å². The van der Waals surface area contributed by atoms with E-state index >= 15 is 0 Å². The molecular formula is C17H24BrNO. The van der Waals surface area contributed by atoms with Crippen molar-refractivity contribution in [2.45, 2.75) is 44.6 Å². The Morgan fingerprint density at radius 1 is 1.15 bits per heavy atom. The second-order valence-corrected chi connectivity index (χ2v) is 7.01. The van der Waals surface area contributed by atoms with Gasteiger partial charge in [0.05, 0.1) is 0 Å². The molecule has 2 aliphatic rings. The summed E-state index contributed by atoms with van der Waals surface area (Å²) in [6, 6.07) is 8.97. The van der Waals surface area contributed by atoms with Crippen LogP contribution in [0.2, 0.25) is 0 Å². The number of nitrogens with zero attached hydrogens (tertiary/aromatic N) is 1. The second kappa shape index (κ2) is 6.95. The lowest BCUT2D eigenvalue weighted by Gasteiger charge is -2.44. The molecule has 1 aliphatic carbocycles. The Labute approximate surface area is 130 Å². The minimum atomic E-state index is 0.805. The highest BCUT2D eigenvalue weighted by Crippen LogP contribution is 2.35. The number of ether oxygens (including phenoxy) is 1. The van der Waals surface area contributed by atoms with Crippen LogP contribution in [-0.2, 0) is 0 Å². The van der Waals surface area contributed by atoms with Gasteiger partial charge in [0.15, 0.2) is 0 Å². The molecule has 0 aromatic heterocycles. The van der Waals surface area contributed by atoms with Crippen LogP contribution in [0.5, 0.6) is 5.75 Å². The number of piperidine rings is 1. The van der Waals surface area contributed by atoms with E-state index in [9.17, 15) is 0 Å². The summed E-state index contributed by atoms with van der Waals surface area (Å²) in [6.07, 6.45) is 8.55. The SMILES string of the molecule is Brc1cccc(OCCN2CCCC3CCCCC32)c1. The van der Waals surface area contributed by atoms with E-state index in [2.05, 4.69) is 20.8 Å². The summed E-state index contributed by atoms with van der Waals surface area (Å²) in [5, 5.41) is 0. The fraction of sp³-hybridized carbons (Fsp3) is 0.647. The molecule has 0 amide bonds. The molecule has 3 heteroatoms. The van der Waals surface area contributed by atoms with Gasteiger partial charge in [-0.05, 0) is 56.3 Å². The van der Waals surface area contributed by atoms with Crippen molar-refractivity contribution in [3.8, 4) is 5.75 Å². The van der Waals surface area contributed by atoms with E-state index in [0.29, 0.717) is 0 Å². The first-order chi connectivity index (χ1) is 9.83. The fourth-order valence-electron chi connectivity index (χ4n) is 3.84. The molecule has 2 nitrogen and oxygen atoms in total. The highest BCUT2D eigenvalue weighted by atomic mass is 79.9. The van der Waals surface area contributed by atoms with Crippen molar-refractivity contribution in [2.75, 3.05) is 19.7 Å². The average Bonchev–Trinajstić information content (AvgIpc) is 2.48. The Balaban J connectivity index is 1.50. The highest BCUT2D eigenvalue weighted by Gasteiger charge is 2.32. The van der Waals surface area contributed by atoms with Crippen LogP contribution in [0, 0.1) is 5.92 Å². The maximum absolute atomic E-state index is 5.90. The molecule has 1 aromatic carbocycles. The summed E-state index contributed by atoms with van der Waals surface area (Å²) in [7, 11) is 0. The van der Waals surface area contributed by atoms with Crippen molar-refractivity contribution >= 4 is 15.9 Å². The molecular weight excluding hydrogens is 314 g/mol. The van der Waals surface area contributed by atoms with Gasteiger partial charge in [-0.15, -0.1) is 0 Å². The van der Waals surface area contributed by atoms with Crippen LogP contribution in [0.4, 0.5) is 0 Å². The van der Waals surface area contributed by atoms with Gasteiger partial charge in [0.1, 0.15) is 12.4 Å². The van der Waals surface area contributed by atoms with Gasteiger partial charge in [-0.25, -0.2) is 0 Å². The standard InChI is InChI=1S/C17H24BrNO/c18-15-7-3-8-16(13-15)20-12-11-19-10-4-6-14-5-1-2-9-17(14)19/h3,7-8,13-14,17H,1-2,4-6,9-12H2. The number of fused-ring (bicyclic) bond motifs is 1. The third kappa shape index (κ3) is 3.56. The molecule has 20 heavy (non-hydrogen) atoms. The lowest BCUT2D eigenvalue weighted by atomic mass is 9.78. The van der Waals surface area contributed by atoms with Crippen molar-refractivity contribution in [3.05, 3.63) is 28.7 Å². The molecule has 1 aliphatic heterocycles. The molecule has 1 saturated carbocycles. The van der Waals surface area contributed by atoms with E-state index in [-0.39, 0.29) is 0 Å². The van der Waals surface area contributed by atoms with Crippen LogP contribution in [0.1, 0.15) is 38.5 Å². The van der Waals surface area contributed by atoms with Crippen molar-refractivity contribution in [3.63, 3.8) is 0 Å². The van der Waals surface area contributed by atoms with Gasteiger partial charge in [0.2, 0.25) is 0 Å². The first kappa shape index (κ1) is 14.4. The zero-order valence-electron chi connectivity index (χ0n) is 12.1. The summed E-state index contributed by atoms with van der Waals surface area (Å²) in [5.41, 5.74) is 0. The number of rotatable bonds is 4. The van der Waals surface area contributed by atoms with Crippen LogP contribution >= 0.6 is 15.9 Å². The van der Waals surface area contributed by atoms with Crippen LogP contribution < -0.4 is 4.74 Å². The molecule has 0 spiro atoms. The summed E-state index contributed by atoms with van der Waals surface area (Å²) >= 11 is 3.49. The van der Waals surface area contributed by atoms with Gasteiger partial charge in [-0.1, -0.05) is 34.8 Å². The lowest BCUT2D eigenvalue weighted by molar-refractivity contribution is 0.0501. The van der Waals surface area contributed by atoms with E-state index in [1.54, 1.807) is 0 Å². The quantitative estimate of drug-likeness (QED) is 0.802. The summed E-state index contributed by atoms with van der Waals surface area (Å²) in [4.78, 5) is 2.69. The zero-order valence-corrected chi connectivity index (χ0v) is 13.6. The molecule has 2 unspecified atom stereocenters. The molecule has 0 radical (unpaired) electrons. The fourth-order valence-corrected chi connectivity index (χ4v) is 4.22. The van der Waals surface area contributed by atoms with E-state index in [4.69, 9.17) is 4.74 Å². The van der Waals surface area contributed by atoms with Gasteiger partial charge in [0.25, 0.3) is 0 Å². The van der Waals surface area contributed by atoms with Gasteiger partial charge < -0.3 is 4.74 Å². The van der Waals surface area contributed by atoms with E-state index in [0.717, 1.165) is 35.3 Å². The predicted molar refractivity (Wildman–Crippen MR) is 86.2 cm³/mol. The number of likely N-dealkylation sites (tertiary alicyclic amines) is 1. The van der Waals surface area contributed by atoms with Crippen LogP contribution in [0.25, 0.3) is 0 Å². The van der Waals surface area contributed by atoms with Crippen LogP contribution in [0.15, 0.2) is 28.7 Å². The minimum Gasteiger partial charge on any atom is -0.492 e. The number of halogens is 1. The molecule has 2 fully saturated rings. The van der Waals surface area contributed by atoms with Crippen LogP contribution in [-0.4, -0.2) is 30.6 Å². The molecule has 0 bridgehead atoms. The molecule has 1 heterocycles. The predicted octanol–water partition coefficient (Wildman–Crippen LogP) is 4.48. The molecule has 0 N–H and O–H groups in total. The summed E-state index contributed by atoms with van der Waals surface area (Å²) in [5.74, 6) is 1.93. The van der Waals surface area contributed by atoms with E-state index in [1.165, 1.54) is 45.1 Å². The monoisotopic (exact) mass is 337 g/mol. The Morgan fingerprint density at radius 2 is 2.00 bits per heavy atom. The Hall–Kier alpha value is -0.540. The van der Waals surface area contributed by atoms with Crippen molar-refractivity contribution in [1.82, 2.24) is 4.90 Å². The second-order valence-electron chi connectivity index (χ2n) is 6.10. The van der Waals surface area contributed by atoms with E-state index in [1.807, 2.05) is 24.3 Å². The zero-order chi connectivity index (χ0) is 13.8. The maximum atomic E-state index is 5.90. The number of hydrogen-bond acceptors (Lipinski definition) is 2. The van der Waals surface area contributed by atoms with Crippen molar-refractivity contribution in [1.29, 1.82) is 0 Å². The maximum Gasteiger partial charge on any atom is 0.120 e. The smallest absolute Gasteiger partial charge is 0.120 e. The Morgan fingerprint density at radius 3 is 2.90 bits per heavy atom. The molecule has 1 saturated heterocycles. The van der Waals surface area contributed by atoms with Crippen molar-refractivity contribution < 1.29 is 4.74 Å². The lowest BCUT2D eigenvalue weighted by Crippen LogP contribution is -2.48. The Bertz CT molecular complexity index is 435. The normalized spacial score (nSPS) is 27.1. The van der Waals surface area contributed by atoms with E-state index < -0.39 is 0 Å². The topological polar surface area (TPSA) is 12.5 Å². The Kier molecular flexibility index (Phi) is 5.00. The molecule has 110 valence electrons.